The highest BCUT2D eigenvalue weighted by atomic mass is 32.1. The second-order valence-electron chi connectivity index (χ2n) is 3.09. The van der Waals surface area contributed by atoms with Crippen LogP contribution < -0.4 is 5.73 Å². The smallest absolute Gasteiger partial charge is 0.345 e. The number of rotatable bonds is 2. The molecule has 0 atom stereocenters. The van der Waals surface area contributed by atoms with Crippen LogP contribution in [0.2, 0.25) is 0 Å². The first-order valence-corrected chi connectivity index (χ1v) is 5.17. The molecule has 0 saturated heterocycles. The summed E-state index contributed by atoms with van der Waals surface area (Å²) in [6.07, 6.45) is 0. The highest BCUT2D eigenvalue weighted by Crippen LogP contribution is 2.28. The van der Waals surface area contributed by atoms with Gasteiger partial charge < -0.3 is 10.8 Å². The molecular formula is C11H9NO2S. The van der Waals surface area contributed by atoms with E-state index in [0.29, 0.717) is 10.6 Å². The predicted molar refractivity (Wildman–Crippen MR) is 61.1 cm³/mol. The van der Waals surface area contributed by atoms with E-state index in [0.717, 1.165) is 10.4 Å². The number of carboxylic acid groups (broad SMARTS) is 1. The fourth-order valence-corrected chi connectivity index (χ4v) is 2.11. The maximum Gasteiger partial charge on any atom is 0.345 e. The summed E-state index contributed by atoms with van der Waals surface area (Å²) in [4.78, 5) is 12.0. The van der Waals surface area contributed by atoms with Crippen molar-refractivity contribution in [3.63, 3.8) is 0 Å². The molecule has 0 aliphatic heterocycles. The van der Waals surface area contributed by atoms with Crippen LogP contribution in [0.1, 0.15) is 9.67 Å². The number of carboxylic acids is 1. The summed E-state index contributed by atoms with van der Waals surface area (Å²) in [5.41, 5.74) is 7.26. The molecule has 1 aromatic carbocycles. The second-order valence-corrected chi connectivity index (χ2v) is 4.17. The van der Waals surface area contributed by atoms with Crippen LogP contribution in [0.5, 0.6) is 0 Å². The number of aromatic carboxylic acids is 1. The molecule has 0 aliphatic carbocycles. The number of nitrogens with two attached hydrogens (primary N) is 1. The summed E-state index contributed by atoms with van der Waals surface area (Å²) < 4.78 is 0. The van der Waals surface area contributed by atoms with Crippen molar-refractivity contribution in [3.05, 3.63) is 41.3 Å². The summed E-state index contributed by atoms with van der Waals surface area (Å²) in [6.45, 7) is 0. The van der Waals surface area contributed by atoms with Gasteiger partial charge in [-0.25, -0.2) is 4.79 Å². The van der Waals surface area contributed by atoms with E-state index in [1.165, 1.54) is 11.3 Å². The summed E-state index contributed by atoms with van der Waals surface area (Å²) in [5.74, 6) is -0.887. The van der Waals surface area contributed by atoms with E-state index in [9.17, 15) is 4.79 Å². The highest BCUT2D eigenvalue weighted by Gasteiger charge is 2.07. The Labute approximate surface area is 90.8 Å². The van der Waals surface area contributed by atoms with Crippen LogP contribution in [0.4, 0.5) is 5.69 Å². The quantitative estimate of drug-likeness (QED) is 0.763. The number of hydrogen-bond donors (Lipinski definition) is 2. The van der Waals surface area contributed by atoms with Gasteiger partial charge >= 0.3 is 5.97 Å². The summed E-state index contributed by atoms with van der Waals surface area (Å²) in [7, 11) is 0. The lowest BCUT2D eigenvalue weighted by molar-refractivity contribution is 0.0702. The Balaban J connectivity index is 2.37. The van der Waals surface area contributed by atoms with Crippen LogP contribution in [-0.4, -0.2) is 11.1 Å². The van der Waals surface area contributed by atoms with Crippen molar-refractivity contribution in [2.75, 3.05) is 5.73 Å². The molecule has 2 rings (SSSR count). The minimum atomic E-state index is -0.887. The molecule has 3 N–H and O–H groups in total. The van der Waals surface area contributed by atoms with Crippen molar-refractivity contribution in [3.8, 4) is 10.4 Å². The van der Waals surface area contributed by atoms with E-state index in [1.54, 1.807) is 24.3 Å². The summed E-state index contributed by atoms with van der Waals surface area (Å²) >= 11 is 1.26. The first-order chi connectivity index (χ1) is 7.16. The molecule has 0 fully saturated rings. The molecule has 3 nitrogen and oxygen atoms in total. The molecule has 0 unspecified atom stereocenters. The zero-order chi connectivity index (χ0) is 10.8. The summed E-state index contributed by atoms with van der Waals surface area (Å²) in [5, 5.41) is 8.78. The third-order valence-corrected chi connectivity index (χ3v) is 3.13. The molecule has 2 aromatic rings. The fourth-order valence-electron chi connectivity index (χ4n) is 1.26. The number of anilines is 1. The molecule has 0 radical (unpaired) electrons. The molecule has 0 aliphatic rings. The largest absolute Gasteiger partial charge is 0.477 e. The van der Waals surface area contributed by atoms with Gasteiger partial charge in [0.15, 0.2) is 0 Å². The Kier molecular flexibility index (Phi) is 2.43. The monoisotopic (exact) mass is 219 g/mol. The Morgan fingerprint density at radius 2 is 1.80 bits per heavy atom. The summed E-state index contributed by atoms with van der Waals surface area (Å²) in [6, 6.07) is 10.8. The maximum absolute atomic E-state index is 10.7. The van der Waals surface area contributed by atoms with E-state index in [2.05, 4.69) is 0 Å². The Hall–Kier alpha value is -1.81. The molecule has 0 amide bonds. The Bertz CT molecular complexity index is 488. The zero-order valence-corrected chi connectivity index (χ0v) is 8.62. The molecule has 76 valence electrons. The Morgan fingerprint density at radius 3 is 2.33 bits per heavy atom. The van der Waals surface area contributed by atoms with E-state index < -0.39 is 5.97 Å². The average Bonchev–Trinajstić information content (AvgIpc) is 2.68. The Morgan fingerprint density at radius 1 is 1.13 bits per heavy atom. The minimum Gasteiger partial charge on any atom is -0.477 e. The van der Waals surface area contributed by atoms with E-state index >= 15 is 0 Å². The zero-order valence-electron chi connectivity index (χ0n) is 7.81. The van der Waals surface area contributed by atoms with Crippen molar-refractivity contribution in [1.29, 1.82) is 0 Å². The number of nitrogen functional groups attached to an aromatic ring is 1. The topological polar surface area (TPSA) is 63.3 Å². The number of carbonyl (C=O) groups is 1. The molecule has 15 heavy (non-hydrogen) atoms. The standard InChI is InChI=1S/C11H9NO2S/c12-8-3-1-7(2-4-8)9-5-6-10(15-9)11(13)14/h1-6H,12H2,(H,13,14). The first kappa shape index (κ1) is 9.73. The molecule has 4 heteroatoms. The highest BCUT2D eigenvalue weighted by molar-refractivity contribution is 7.17. The molecule has 0 spiro atoms. The SMILES string of the molecule is Nc1ccc(-c2ccc(C(=O)O)s2)cc1. The van der Waals surface area contributed by atoms with E-state index in [1.807, 2.05) is 12.1 Å². The van der Waals surface area contributed by atoms with Crippen LogP contribution in [0.25, 0.3) is 10.4 Å². The van der Waals surface area contributed by atoms with Crippen molar-refractivity contribution in [1.82, 2.24) is 0 Å². The number of hydrogen-bond acceptors (Lipinski definition) is 3. The normalized spacial score (nSPS) is 10.1. The van der Waals surface area contributed by atoms with Crippen LogP contribution >= 0.6 is 11.3 Å². The van der Waals surface area contributed by atoms with Gasteiger partial charge in [-0.05, 0) is 29.8 Å². The third kappa shape index (κ3) is 1.99. The molecular weight excluding hydrogens is 210 g/mol. The lowest BCUT2D eigenvalue weighted by Gasteiger charge is -1.97. The molecule has 0 bridgehead atoms. The molecule has 0 saturated carbocycles. The van der Waals surface area contributed by atoms with Gasteiger partial charge in [0.1, 0.15) is 4.88 Å². The van der Waals surface area contributed by atoms with Gasteiger partial charge in [0, 0.05) is 10.6 Å². The molecule has 1 aromatic heterocycles. The lowest BCUT2D eigenvalue weighted by atomic mass is 10.2. The number of benzene rings is 1. The van der Waals surface area contributed by atoms with Crippen molar-refractivity contribution in [2.45, 2.75) is 0 Å². The first-order valence-electron chi connectivity index (χ1n) is 4.36. The average molecular weight is 219 g/mol. The van der Waals surface area contributed by atoms with Crippen molar-refractivity contribution in [2.24, 2.45) is 0 Å². The second kappa shape index (κ2) is 3.74. The van der Waals surface area contributed by atoms with Gasteiger partial charge in [-0.2, -0.15) is 0 Å². The lowest BCUT2D eigenvalue weighted by Crippen LogP contribution is -1.89. The van der Waals surface area contributed by atoms with E-state index in [-0.39, 0.29) is 0 Å². The third-order valence-electron chi connectivity index (χ3n) is 2.01. The fraction of sp³-hybridized carbons (Fsp3) is 0. The predicted octanol–water partition coefficient (Wildman–Crippen LogP) is 2.70. The minimum absolute atomic E-state index is 0.349. The maximum atomic E-state index is 10.7. The van der Waals surface area contributed by atoms with Gasteiger partial charge in [0.05, 0.1) is 0 Å². The molecule has 1 heterocycles. The number of thiophene rings is 1. The van der Waals surface area contributed by atoms with Gasteiger partial charge in [-0.1, -0.05) is 12.1 Å². The van der Waals surface area contributed by atoms with Gasteiger partial charge in [-0.15, -0.1) is 11.3 Å². The van der Waals surface area contributed by atoms with Crippen molar-refractivity contribution >= 4 is 23.0 Å². The van der Waals surface area contributed by atoms with Crippen LogP contribution in [-0.2, 0) is 0 Å². The van der Waals surface area contributed by atoms with Gasteiger partial charge in [-0.3, -0.25) is 0 Å². The van der Waals surface area contributed by atoms with E-state index in [4.69, 9.17) is 10.8 Å². The van der Waals surface area contributed by atoms with Crippen LogP contribution in [0, 0.1) is 0 Å². The van der Waals surface area contributed by atoms with Crippen LogP contribution in [0.3, 0.4) is 0 Å². The van der Waals surface area contributed by atoms with Crippen molar-refractivity contribution < 1.29 is 9.90 Å². The van der Waals surface area contributed by atoms with Gasteiger partial charge in [0.2, 0.25) is 0 Å². The van der Waals surface area contributed by atoms with Crippen LogP contribution in [0.15, 0.2) is 36.4 Å². The van der Waals surface area contributed by atoms with Gasteiger partial charge in [0.25, 0.3) is 0 Å².